The van der Waals surface area contributed by atoms with Crippen molar-refractivity contribution in [1.82, 2.24) is 10.2 Å². The first-order valence-electron chi connectivity index (χ1n) is 8.52. The van der Waals surface area contributed by atoms with E-state index in [4.69, 9.17) is 9.15 Å². The third-order valence-corrected chi connectivity index (χ3v) is 5.13. The van der Waals surface area contributed by atoms with E-state index in [1.54, 1.807) is 0 Å². The monoisotopic (exact) mass is 412 g/mol. The Labute approximate surface area is 159 Å². The van der Waals surface area contributed by atoms with Gasteiger partial charge in [-0.15, -0.1) is 10.2 Å². The minimum atomic E-state index is -0.302. The summed E-state index contributed by atoms with van der Waals surface area (Å²) in [5.74, 6) is 0.365. The minimum absolute atomic E-state index is 0.0266. The smallest absolute Gasteiger partial charge is 0.310 e. The van der Waals surface area contributed by atoms with E-state index in [1.807, 2.05) is 30.3 Å². The Morgan fingerprint density at radius 3 is 2.85 bits per heavy atom. The van der Waals surface area contributed by atoms with Crippen molar-refractivity contribution in [3.63, 3.8) is 0 Å². The van der Waals surface area contributed by atoms with Crippen molar-refractivity contribution in [2.24, 2.45) is 0 Å². The molecule has 0 N–H and O–H groups in total. The predicted molar refractivity (Wildman–Crippen MR) is 99.4 cm³/mol. The lowest BCUT2D eigenvalue weighted by molar-refractivity contribution is -0.144. The topological polar surface area (TPSA) is 65.2 Å². The number of nitrogens with zero attached hydrogens (tertiary/aromatic N) is 2. The molecule has 0 aliphatic heterocycles. The lowest BCUT2D eigenvalue weighted by Gasteiger charge is -2.05. The number of ether oxygens (including phenoxy) is 1. The van der Waals surface area contributed by atoms with Gasteiger partial charge in [0.25, 0.3) is 5.89 Å². The standard InChI is InChI=1S/C20H17BrN2O3/c21-17-7-2-1-6-16(17)20-23-22-18(26-20)12-25-19(24)11-13-8-9-14-4-3-5-15(14)10-13/h1-2,6-10H,3-5,11-12H2. The molecule has 1 aliphatic rings. The number of carbonyl (C=O) groups excluding carboxylic acids is 1. The maximum atomic E-state index is 12.1. The lowest BCUT2D eigenvalue weighted by Crippen LogP contribution is -2.08. The Balaban J connectivity index is 1.36. The second-order valence-corrected chi connectivity index (χ2v) is 7.13. The number of aromatic nitrogens is 2. The van der Waals surface area contributed by atoms with E-state index in [9.17, 15) is 4.79 Å². The summed E-state index contributed by atoms with van der Waals surface area (Å²) in [6.07, 6.45) is 3.67. The van der Waals surface area contributed by atoms with Gasteiger partial charge < -0.3 is 9.15 Å². The highest BCUT2D eigenvalue weighted by molar-refractivity contribution is 9.10. The van der Waals surface area contributed by atoms with Crippen LogP contribution in [0.15, 0.2) is 51.4 Å². The molecular weight excluding hydrogens is 396 g/mol. The van der Waals surface area contributed by atoms with E-state index in [2.05, 4.69) is 38.3 Å². The number of esters is 1. The van der Waals surface area contributed by atoms with E-state index < -0.39 is 0 Å². The summed E-state index contributed by atoms with van der Waals surface area (Å²) >= 11 is 3.45. The van der Waals surface area contributed by atoms with Gasteiger partial charge in [0.15, 0.2) is 6.61 Å². The summed E-state index contributed by atoms with van der Waals surface area (Å²) in [7, 11) is 0. The van der Waals surface area contributed by atoms with Crippen molar-refractivity contribution in [3.8, 4) is 11.5 Å². The van der Waals surface area contributed by atoms with Crippen molar-refractivity contribution < 1.29 is 13.9 Å². The average Bonchev–Trinajstić information content (AvgIpc) is 3.29. The fraction of sp³-hybridized carbons (Fsp3) is 0.250. The van der Waals surface area contributed by atoms with Crippen LogP contribution in [0.25, 0.3) is 11.5 Å². The molecule has 2 aromatic carbocycles. The maximum absolute atomic E-state index is 12.1. The van der Waals surface area contributed by atoms with E-state index in [0.29, 0.717) is 5.89 Å². The van der Waals surface area contributed by atoms with Crippen LogP contribution < -0.4 is 0 Å². The first kappa shape index (κ1) is 17.0. The van der Waals surface area contributed by atoms with Crippen LogP contribution in [0.4, 0.5) is 0 Å². The van der Waals surface area contributed by atoms with Gasteiger partial charge in [0.1, 0.15) is 0 Å². The molecule has 0 unspecified atom stereocenters. The van der Waals surface area contributed by atoms with Gasteiger partial charge in [0.05, 0.1) is 12.0 Å². The van der Waals surface area contributed by atoms with E-state index in [1.165, 1.54) is 17.5 Å². The Morgan fingerprint density at radius 2 is 1.96 bits per heavy atom. The molecule has 0 saturated heterocycles. The highest BCUT2D eigenvalue weighted by atomic mass is 79.9. The summed E-state index contributed by atoms with van der Waals surface area (Å²) in [5.41, 5.74) is 4.53. The highest BCUT2D eigenvalue weighted by Gasteiger charge is 2.15. The number of halogens is 1. The van der Waals surface area contributed by atoms with Crippen LogP contribution in [-0.4, -0.2) is 16.2 Å². The molecule has 0 spiro atoms. The third-order valence-electron chi connectivity index (χ3n) is 4.44. The summed E-state index contributed by atoms with van der Waals surface area (Å²) < 4.78 is 11.7. The summed E-state index contributed by atoms with van der Waals surface area (Å²) in [4.78, 5) is 12.1. The SMILES string of the molecule is O=C(Cc1ccc2c(c1)CCC2)OCc1nnc(-c2ccccc2Br)o1. The first-order valence-corrected chi connectivity index (χ1v) is 9.32. The Bertz CT molecular complexity index is 952. The van der Waals surface area contributed by atoms with Gasteiger partial charge in [-0.3, -0.25) is 4.79 Å². The van der Waals surface area contributed by atoms with E-state index in [-0.39, 0.29) is 24.9 Å². The van der Waals surface area contributed by atoms with Crippen LogP contribution in [0.5, 0.6) is 0 Å². The van der Waals surface area contributed by atoms with Gasteiger partial charge in [-0.2, -0.15) is 0 Å². The molecule has 3 aromatic rings. The van der Waals surface area contributed by atoms with Gasteiger partial charge in [-0.05, 0) is 64.0 Å². The summed E-state index contributed by atoms with van der Waals surface area (Å²) in [5, 5.41) is 7.96. The van der Waals surface area contributed by atoms with E-state index in [0.717, 1.165) is 28.4 Å². The van der Waals surface area contributed by atoms with Crippen molar-refractivity contribution in [2.75, 3.05) is 0 Å². The molecule has 0 saturated carbocycles. The molecule has 0 atom stereocenters. The van der Waals surface area contributed by atoms with Gasteiger partial charge in [-0.25, -0.2) is 0 Å². The minimum Gasteiger partial charge on any atom is -0.455 e. The van der Waals surface area contributed by atoms with Crippen LogP contribution in [0.2, 0.25) is 0 Å². The fourth-order valence-corrected chi connectivity index (χ4v) is 3.60. The quantitative estimate of drug-likeness (QED) is 0.585. The van der Waals surface area contributed by atoms with Crippen LogP contribution in [0.1, 0.15) is 29.0 Å². The van der Waals surface area contributed by atoms with Gasteiger partial charge in [0.2, 0.25) is 5.89 Å². The zero-order chi connectivity index (χ0) is 17.9. The maximum Gasteiger partial charge on any atom is 0.310 e. The molecule has 0 amide bonds. The number of fused-ring (bicyclic) bond motifs is 1. The van der Waals surface area contributed by atoms with Crippen LogP contribution >= 0.6 is 15.9 Å². The molecule has 1 heterocycles. The van der Waals surface area contributed by atoms with Gasteiger partial charge >= 0.3 is 5.97 Å². The normalized spacial score (nSPS) is 12.8. The van der Waals surface area contributed by atoms with E-state index >= 15 is 0 Å². The highest BCUT2D eigenvalue weighted by Crippen LogP contribution is 2.27. The zero-order valence-corrected chi connectivity index (χ0v) is 15.7. The molecule has 1 aliphatic carbocycles. The Hall–Kier alpha value is -2.47. The third kappa shape index (κ3) is 3.70. The fourth-order valence-electron chi connectivity index (χ4n) is 3.15. The molecule has 4 rings (SSSR count). The number of rotatable bonds is 5. The Kier molecular flexibility index (Phi) is 4.84. The number of aryl methyl sites for hydroxylation is 2. The number of hydrogen-bond donors (Lipinski definition) is 0. The average molecular weight is 413 g/mol. The zero-order valence-electron chi connectivity index (χ0n) is 14.1. The largest absolute Gasteiger partial charge is 0.455 e. The second-order valence-electron chi connectivity index (χ2n) is 6.27. The number of hydrogen-bond acceptors (Lipinski definition) is 5. The molecular formula is C20H17BrN2O3. The molecule has 0 bridgehead atoms. The van der Waals surface area contributed by atoms with Crippen molar-refractivity contribution in [3.05, 3.63) is 69.5 Å². The van der Waals surface area contributed by atoms with Crippen molar-refractivity contribution >= 4 is 21.9 Å². The van der Waals surface area contributed by atoms with Gasteiger partial charge in [-0.1, -0.05) is 30.3 Å². The van der Waals surface area contributed by atoms with Crippen molar-refractivity contribution in [1.29, 1.82) is 0 Å². The van der Waals surface area contributed by atoms with Crippen LogP contribution in [-0.2, 0) is 35.4 Å². The molecule has 1 aromatic heterocycles. The number of carbonyl (C=O) groups is 1. The molecule has 0 fully saturated rings. The summed E-state index contributed by atoms with van der Waals surface area (Å²) in [6, 6.07) is 13.8. The van der Waals surface area contributed by atoms with Crippen LogP contribution in [0, 0.1) is 0 Å². The molecule has 0 radical (unpaired) electrons. The molecule has 132 valence electrons. The molecule has 26 heavy (non-hydrogen) atoms. The van der Waals surface area contributed by atoms with Gasteiger partial charge in [0, 0.05) is 4.47 Å². The Morgan fingerprint density at radius 1 is 1.12 bits per heavy atom. The molecule has 6 heteroatoms. The van der Waals surface area contributed by atoms with Crippen LogP contribution in [0.3, 0.4) is 0 Å². The second kappa shape index (κ2) is 7.41. The summed E-state index contributed by atoms with van der Waals surface area (Å²) in [6.45, 7) is -0.0266. The lowest BCUT2D eigenvalue weighted by atomic mass is 10.0. The molecule has 5 nitrogen and oxygen atoms in total. The first-order chi connectivity index (χ1) is 12.7. The predicted octanol–water partition coefficient (Wildman–Crippen LogP) is 4.27. The number of benzene rings is 2. The van der Waals surface area contributed by atoms with Crippen molar-refractivity contribution in [2.45, 2.75) is 32.3 Å².